The SMILES string of the molecule is O=C(CC(F)(F)F)C1=CCCCO1. The molecule has 1 heterocycles. The fourth-order valence-electron chi connectivity index (χ4n) is 1.02. The zero-order chi connectivity index (χ0) is 9.90. The van der Waals surface area contributed by atoms with Crippen LogP contribution in [0.2, 0.25) is 0 Å². The molecule has 0 aliphatic carbocycles. The fourth-order valence-corrected chi connectivity index (χ4v) is 1.02. The molecule has 0 amide bonds. The van der Waals surface area contributed by atoms with Crippen molar-refractivity contribution in [2.75, 3.05) is 6.61 Å². The summed E-state index contributed by atoms with van der Waals surface area (Å²) in [5.74, 6) is -1.12. The maximum Gasteiger partial charge on any atom is 0.396 e. The maximum atomic E-state index is 11.8. The van der Waals surface area contributed by atoms with E-state index in [0.717, 1.165) is 6.42 Å². The minimum atomic E-state index is -4.45. The molecule has 0 aromatic rings. The quantitative estimate of drug-likeness (QED) is 0.673. The lowest BCUT2D eigenvalue weighted by Crippen LogP contribution is -2.19. The van der Waals surface area contributed by atoms with Crippen LogP contribution in [0.15, 0.2) is 11.8 Å². The Morgan fingerprint density at radius 2 is 2.23 bits per heavy atom. The third-order valence-electron chi connectivity index (χ3n) is 1.57. The Morgan fingerprint density at radius 1 is 1.54 bits per heavy atom. The van der Waals surface area contributed by atoms with Crippen LogP contribution >= 0.6 is 0 Å². The van der Waals surface area contributed by atoms with Crippen LogP contribution < -0.4 is 0 Å². The number of ketones is 1. The molecule has 1 rings (SSSR count). The van der Waals surface area contributed by atoms with Gasteiger partial charge in [0, 0.05) is 0 Å². The number of Topliss-reactive ketones (excluding diaryl/α,β-unsaturated/α-hetero) is 1. The van der Waals surface area contributed by atoms with Gasteiger partial charge in [0.2, 0.25) is 5.78 Å². The van der Waals surface area contributed by atoms with Crippen LogP contribution in [0.3, 0.4) is 0 Å². The van der Waals surface area contributed by atoms with Gasteiger partial charge < -0.3 is 4.74 Å². The summed E-state index contributed by atoms with van der Waals surface area (Å²) < 4.78 is 40.1. The Morgan fingerprint density at radius 3 is 2.69 bits per heavy atom. The van der Waals surface area contributed by atoms with E-state index in [9.17, 15) is 18.0 Å². The highest BCUT2D eigenvalue weighted by molar-refractivity contribution is 5.93. The second-order valence-corrected chi connectivity index (χ2v) is 2.77. The number of halogens is 3. The second-order valence-electron chi connectivity index (χ2n) is 2.77. The molecule has 0 bridgehead atoms. The van der Waals surface area contributed by atoms with Crippen LogP contribution in [0.4, 0.5) is 13.2 Å². The van der Waals surface area contributed by atoms with Gasteiger partial charge in [-0.2, -0.15) is 13.2 Å². The van der Waals surface area contributed by atoms with Gasteiger partial charge >= 0.3 is 6.18 Å². The third-order valence-corrected chi connectivity index (χ3v) is 1.57. The Labute approximate surface area is 73.4 Å². The van der Waals surface area contributed by atoms with Crippen LogP contribution in [0.5, 0.6) is 0 Å². The first-order valence-corrected chi connectivity index (χ1v) is 3.92. The van der Waals surface area contributed by atoms with Crippen molar-refractivity contribution in [2.45, 2.75) is 25.4 Å². The summed E-state index contributed by atoms with van der Waals surface area (Å²) in [5, 5.41) is 0. The van der Waals surface area contributed by atoms with E-state index in [4.69, 9.17) is 4.74 Å². The molecule has 0 aromatic heterocycles. The normalized spacial score (nSPS) is 17.6. The zero-order valence-corrected chi connectivity index (χ0v) is 6.86. The smallest absolute Gasteiger partial charge is 0.396 e. The highest BCUT2D eigenvalue weighted by atomic mass is 19.4. The Hall–Kier alpha value is -1.00. The molecular weight excluding hydrogens is 185 g/mol. The zero-order valence-electron chi connectivity index (χ0n) is 6.86. The van der Waals surface area contributed by atoms with Crippen molar-refractivity contribution in [1.29, 1.82) is 0 Å². The minimum Gasteiger partial charge on any atom is -0.490 e. The van der Waals surface area contributed by atoms with Crippen molar-refractivity contribution < 1.29 is 22.7 Å². The topological polar surface area (TPSA) is 26.3 Å². The molecule has 74 valence electrons. The molecule has 5 heteroatoms. The highest BCUT2D eigenvalue weighted by Gasteiger charge is 2.33. The van der Waals surface area contributed by atoms with E-state index < -0.39 is 18.4 Å². The average molecular weight is 194 g/mol. The summed E-state index contributed by atoms with van der Waals surface area (Å²) >= 11 is 0. The van der Waals surface area contributed by atoms with Crippen molar-refractivity contribution in [2.24, 2.45) is 0 Å². The van der Waals surface area contributed by atoms with E-state index in [1.807, 2.05) is 0 Å². The number of hydrogen-bond acceptors (Lipinski definition) is 2. The number of rotatable bonds is 2. The van der Waals surface area contributed by atoms with Gasteiger partial charge in [-0.05, 0) is 18.9 Å². The number of carbonyl (C=O) groups excluding carboxylic acids is 1. The van der Waals surface area contributed by atoms with Gasteiger partial charge in [-0.3, -0.25) is 4.79 Å². The maximum absolute atomic E-state index is 11.8. The number of carbonyl (C=O) groups is 1. The molecule has 1 aliphatic rings. The number of allylic oxidation sites excluding steroid dienone is 2. The van der Waals surface area contributed by atoms with Crippen LogP contribution in [0.25, 0.3) is 0 Å². The largest absolute Gasteiger partial charge is 0.490 e. The molecule has 0 spiro atoms. The van der Waals surface area contributed by atoms with Gasteiger partial charge in [0.05, 0.1) is 6.61 Å². The summed E-state index contributed by atoms with van der Waals surface area (Å²) in [4.78, 5) is 10.9. The van der Waals surface area contributed by atoms with Crippen LogP contribution in [-0.4, -0.2) is 18.6 Å². The third kappa shape index (κ3) is 3.48. The molecule has 0 radical (unpaired) electrons. The minimum absolute atomic E-state index is 0.136. The Bertz CT molecular complexity index is 230. The van der Waals surface area contributed by atoms with Gasteiger partial charge in [-0.25, -0.2) is 0 Å². The standard InChI is InChI=1S/C8H9F3O2/c9-8(10,11)5-6(12)7-3-1-2-4-13-7/h3H,1-2,4-5H2. The Balaban J connectivity index is 2.52. The van der Waals surface area contributed by atoms with Gasteiger partial charge in [0.15, 0.2) is 5.76 Å². The van der Waals surface area contributed by atoms with Gasteiger partial charge in [0.1, 0.15) is 6.42 Å². The first-order chi connectivity index (χ1) is 5.99. The van der Waals surface area contributed by atoms with E-state index in [0.29, 0.717) is 13.0 Å². The lowest BCUT2D eigenvalue weighted by molar-refractivity contribution is -0.152. The lowest BCUT2D eigenvalue weighted by Gasteiger charge is -2.14. The average Bonchev–Trinajstić information content (AvgIpc) is 2.03. The first kappa shape index (κ1) is 10.1. The van der Waals surface area contributed by atoms with Crippen molar-refractivity contribution in [3.05, 3.63) is 11.8 Å². The molecule has 0 saturated carbocycles. The summed E-state index contributed by atoms with van der Waals surface area (Å²) in [6.07, 6.45) is -3.10. The highest BCUT2D eigenvalue weighted by Crippen LogP contribution is 2.23. The molecule has 13 heavy (non-hydrogen) atoms. The molecule has 0 aromatic carbocycles. The van der Waals surface area contributed by atoms with Crippen molar-refractivity contribution >= 4 is 5.78 Å². The van der Waals surface area contributed by atoms with Gasteiger partial charge in [0.25, 0.3) is 0 Å². The lowest BCUT2D eigenvalue weighted by atomic mass is 10.1. The van der Waals surface area contributed by atoms with Crippen LogP contribution in [0.1, 0.15) is 19.3 Å². The fraction of sp³-hybridized carbons (Fsp3) is 0.625. The summed E-state index contributed by atoms with van der Waals surface area (Å²) in [6, 6.07) is 0. The summed E-state index contributed by atoms with van der Waals surface area (Å²) in [6.45, 7) is 0.329. The molecule has 0 fully saturated rings. The van der Waals surface area contributed by atoms with E-state index in [2.05, 4.69) is 0 Å². The predicted molar refractivity (Wildman–Crippen MR) is 38.9 cm³/mol. The number of alkyl halides is 3. The van der Waals surface area contributed by atoms with Crippen molar-refractivity contribution in [3.63, 3.8) is 0 Å². The molecule has 0 atom stereocenters. The van der Waals surface area contributed by atoms with Crippen molar-refractivity contribution in [1.82, 2.24) is 0 Å². The molecule has 0 unspecified atom stereocenters. The van der Waals surface area contributed by atoms with E-state index >= 15 is 0 Å². The molecule has 1 aliphatic heterocycles. The second kappa shape index (κ2) is 3.81. The van der Waals surface area contributed by atoms with E-state index in [1.54, 1.807) is 0 Å². The number of hydrogen-bond donors (Lipinski definition) is 0. The summed E-state index contributed by atoms with van der Waals surface area (Å²) in [5.41, 5.74) is 0. The summed E-state index contributed by atoms with van der Waals surface area (Å²) in [7, 11) is 0. The van der Waals surface area contributed by atoms with Gasteiger partial charge in [-0.15, -0.1) is 0 Å². The van der Waals surface area contributed by atoms with Gasteiger partial charge in [-0.1, -0.05) is 0 Å². The molecule has 0 saturated heterocycles. The molecular formula is C8H9F3O2. The number of ether oxygens (including phenoxy) is 1. The van der Waals surface area contributed by atoms with Crippen LogP contribution in [0, 0.1) is 0 Å². The monoisotopic (exact) mass is 194 g/mol. The molecule has 2 nitrogen and oxygen atoms in total. The Kier molecular flexibility index (Phi) is 2.95. The molecule has 0 N–H and O–H groups in total. The van der Waals surface area contributed by atoms with Crippen LogP contribution in [-0.2, 0) is 9.53 Å². The van der Waals surface area contributed by atoms with E-state index in [1.165, 1.54) is 6.08 Å². The van der Waals surface area contributed by atoms with Crippen molar-refractivity contribution in [3.8, 4) is 0 Å². The predicted octanol–water partition coefficient (Wildman–Crippen LogP) is 2.20. The van der Waals surface area contributed by atoms with E-state index in [-0.39, 0.29) is 5.76 Å². The first-order valence-electron chi connectivity index (χ1n) is 3.92.